The predicted molar refractivity (Wildman–Crippen MR) is 161 cm³/mol. The number of rotatable bonds is 9. The first kappa shape index (κ1) is 27.8. The van der Waals surface area contributed by atoms with Crippen molar-refractivity contribution in [2.24, 2.45) is 0 Å². The maximum absolute atomic E-state index is 13.2. The molecule has 1 aliphatic heterocycles. The minimum Gasteiger partial charge on any atom is -0.490 e. The molecule has 2 aliphatic carbocycles. The van der Waals surface area contributed by atoms with Gasteiger partial charge in [-0.05, 0) is 73.6 Å². The largest absolute Gasteiger partial charge is 0.490 e. The Bertz CT molecular complexity index is 1490. The van der Waals surface area contributed by atoms with Crippen LogP contribution in [0, 0.1) is 0 Å². The van der Waals surface area contributed by atoms with Crippen LogP contribution >= 0.6 is 0 Å². The van der Waals surface area contributed by atoms with Crippen molar-refractivity contribution in [3.8, 4) is 17.2 Å². The second-order valence-electron chi connectivity index (χ2n) is 11.1. The van der Waals surface area contributed by atoms with E-state index >= 15 is 0 Å². The number of Topliss-reactive ketones (excluding diaryl/α,β-unsaturated/α-hetero) is 2. The number of hydrogen-bond donors (Lipinski definition) is 0. The molecule has 216 valence electrons. The van der Waals surface area contributed by atoms with E-state index in [9.17, 15) is 9.59 Å². The molecule has 42 heavy (non-hydrogen) atoms. The highest BCUT2D eigenvalue weighted by Crippen LogP contribution is 2.48. The van der Waals surface area contributed by atoms with Crippen molar-refractivity contribution in [1.29, 1.82) is 0 Å². The minimum absolute atomic E-state index is 0.166. The van der Waals surface area contributed by atoms with Crippen LogP contribution in [0.25, 0.3) is 0 Å². The summed E-state index contributed by atoms with van der Waals surface area (Å²) in [6, 6.07) is 23.8. The van der Waals surface area contributed by atoms with Crippen molar-refractivity contribution in [2.45, 2.75) is 64.6 Å². The van der Waals surface area contributed by atoms with Crippen molar-refractivity contribution in [3.63, 3.8) is 0 Å². The number of ketones is 2. The molecule has 0 radical (unpaired) electrons. The fourth-order valence-corrected chi connectivity index (χ4v) is 6.37. The van der Waals surface area contributed by atoms with Crippen LogP contribution in [0.2, 0.25) is 0 Å². The van der Waals surface area contributed by atoms with E-state index < -0.39 is 0 Å². The lowest BCUT2D eigenvalue weighted by Crippen LogP contribution is -2.37. The Kier molecular flexibility index (Phi) is 8.13. The smallest absolute Gasteiger partial charge is 0.161 e. The molecule has 6 nitrogen and oxygen atoms in total. The van der Waals surface area contributed by atoms with Gasteiger partial charge in [0.2, 0.25) is 0 Å². The average molecular weight is 564 g/mol. The van der Waals surface area contributed by atoms with Crippen molar-refractivity contribution in [2.75, 3.05) is 13.7 Å². The second-order valence-corrected chi connectivity index (χ2v) is 11.1. The van der Waals surface area contributed by atoms with E-state index in [-0.39, 0.29) is 17.5 Å². The maximum atomic E-state index is 13.2. The van der Waals surface area contributed by atoms with E-state index in [1.54, 1.807) is 0 Å². The average Bonchev–Trinajstić information content (AvgIpc) is 3.01. The van der Waals surface area contributed by atoms with Gasteiger partial charge in [0.05, 0.1) is 6.61 Å². The van der Waals surface area contributed by atoms with Crippen LogP contribution in [0.4, 0.5) is 0 Å². The standard InChI is InChI=1S/C36H37NO5/c1-3-40-33-21-25(15-20-32(33)42-22-24-9-5-4-6-10-24)23-41-27-18-16-26(17-19-27)34-35-28(11-7-13-30(35)38)37(2)29-12-8-14-31(39)36(29)34/h4-6,9-10,15-21,34H,3,7-8,11-14,22-23H2,1-2H3. The fraction of sp³-hybridized carbons (Fsp3) is 0.333. The van der Waals surface area contributed by atoms with Crippen molar-refractivity contribution in [3.05, 3.63) is 112 Å². The Balaban J connectivity index is 1.19. The van der Waals surface area contributed by atoms with E-state index in [1.807, 2.05) is 86.8 Å². The molecule has 1 heterocycles. The molecule has 0 saturated heterocycles. The summed E-state index contributed by atoms with van der Waals surface area (Å²) in [6.45, 7) is 3.32. The molecular formula is C36H37NO5. The van der Waals surface area contributed by atoms with Crippen LogP contribution in [0.3, 0.4) is 0 Å². The molecule has 0 N–H and O–H groups in total. The lowest BCUT2D eigenvalue weighted by Gasteiger charge is -2.42. The van der Waals surface area contributed by atoms with E-state index in [1.165, 1.54) is 0 Å². The van der Waals surface area contributed by atoms with Gasteiger partial charge in [-0.1, -0.05) is 48.5 Å². The molecular weight excluding hydrogens is 526 g/mol. The normalized spacial score (nSPS) is 17.2. The quantitative estimate of drug-likeness (QED) is 0.273. The Hall–Kier alpha value is -4.32. The maximum Gasteiger partial charge on any atom is 0.161 e. The SMILES string of the molecule is CCOc1cc(COc2ccc(C3C4=C(CCCC4=O)N(C)C4=C3C(=O)CCC4)cc2)ccc1OCc1ccccc1. The molecule has 0 amide bonds. The fourth-order valence-electron chi connectivity index (χ4n) is 6.37. The van der Waals surface area contributed by atoms with Crippen molar-refractivity contribution < 1.29 is 23.8 Å². The van der Waals surface area contributed by atoms with E-state index in [4.69, 9.17) is 14.2 Å². The summed E-state index contributed by atoms with van der Waals surface area (Å²) in [7, 11) is 2.02. The van der Waals surface area contributed by atoms with Gasteiger partial charge in [-0.3, -0.25) is 9.59 Å². The Labute approximate surface area is 247 Å². The highest BCUT2D eigenvalue weighted by atomic mass is 16.5. The zero-order chi connectivity index (χ0) is 29.1. The van der Waals surface area contributed by atoms with Crippen LogP contribution in [-0.2, 0) is 22.8 Å². The summed E-state index contributed by atoms with van der Waals surface area (Å²) >= 11 is 0. The Morgan fingerprint density at radius 1 is 0.690 bits per heavy atom. The first-order valence-electron chi connectivity index (χ1n) is 14.9. The molecule has 0 aromatic heterocycles. The molecule has 0 saturated carbocycles. The topological polar surface area (TPSA) is 65.1 Å². The third-order valence-electron chi connectivity index (χ3n) is 8.41. The number of allylic oxidation sites excluding steroid dienone is 4. The third kappa shape index (κ3) is 5.58. The molecule has 6 heteroatoms. The van der Waals surface area contributed by atoms with Crippen LogP contribution in [0.5, 0.6) is 17.2 Å². The van der Waals surface area contributed by atoms with Crippen LogP contribution in [0.1, 0.15) is 68.1 Å². The number of benzene rings is 3. The molecule has 3 aliphatic rings. The molecule has 0 unspecified atom stereocenters. The monoisotopic (exact) mass is 563 g/mol. The van der Waals surface area contributed by atoms with Gasteiger partial charge < -0.3 is 19.1 Å². The van der Waals surface area contributed by atoms with Crippen LogP contribution in [-0.4, -0.2) is 30.1 Å². The first-order chi connectivity index (χ1) is 20.5. The highest BCUT2D eigenvalue weighted by Gasteiger charge is 2.42. The van der Waals surface area contributed by atoms with Gasteiger partial charge in [0.15, 0.2) is 23.1 Å². The first-order valence-corrected chi connectivity index (χ1v) is 14.9. The van der Waals surface area contributed by atoms with Gasteiger partial charge in [0.25, 0.3) is 0 Å². The number of ether oxygens (including phenoxy) is 3. The van der Waals surface area contributed by atoms with E-state index in [0.717, 1.165) is 70.7 Å². The summed E-state index contributed by atoms with van der Waals surface area (Å²) in [4.78, 5) is 28.6. The zero-order valence-electron chi connectivity index (χ0n) is 24.4. The molecule has 3 aromatic rings. The Morgan fingerprint density at radius 2 is 1.33 bits per heavy atom. The highest BCUT2D eigenvalue weighted by molar-refractivity contribution is 6.06. The number of hydrogen-bond acceptors (Lipinski definition) is 6. The van der Waals surface area contributed by atoms with Crippen molar-refractivity contribution in [1.82, 2.24) is 4.90 Å². The van der Waals surface area contributed by atoms with Gasteiger partial charge >= 0.3 is 0 Å². The summed E-state index contributed by atoms with van der Waals surface area (Å²) in [5.74, 6) is 2.15. The van der Waals surface area contributed by atoms with Crippen LogP contribution < -0.4 is 14.2 Å². The second kappa shape index (κ2) is 12.3. The van der Waals surface area contributed by atoms with Gasteiger partial charge in [-0.2, -0.15) is 0 Å². The van der Waals surface area contributed by atoms with Crippen molar-refractivity contribution >= 4 is 11.6 Å². The zero-order valence-corrected chi connectivity index (χ0v) is 24.4. The Morgan fingerprint density at radius 3 is 1.98 bits per heavy atom. The molecule has 0 atom stereocenters. The summed E-state index contributed by atoms with van der Waals surface area (Å²) in [5.41, 5.74) is 6.83. The van der Waals surface area contributed by atoms with Gasteiger partial charge in [-0.25, -0.2) is 0 Å². The summed E-state index contributed by atoms with van der Waals surface area (Å²) in [6.07, 6.45) is 4.56. The predicted octanol–water partition coefficient (Wildman–Crippen LogP) is 7.29. The molecule has 0 bridgehead atoms. The lowest BCUT2D eigenvalue weighted by molar-refractivity contribution is -0.117. The third-order valence-corrected chi connectivity index (χ3v) is 8.41. The van der Waals surface area contributed by atoms with Gasteiger partial charge in [-0.15, -0.1) is 0 Å². The van der Waals surface area contributed by atoms with Gasteiger partial charge in [0, 0.05) is 48.3 Å². The minimum atomic E-state index is -0.293. The summed E-state index contributed by atoms with van der Waals surface area (Å²) < 4.78 is 18.0. The summed E-state index contributed by atoms with van der Waals surface area (Å²) in [5, 5.41) is 0. The lowest BCUT2D eigenvalue weighted by atomic mass is 9.71. The number of carbonyl (C=O) groups excluding carboxylic acids is 2. The molecule has 6 rings (SSSR count). The van der Waals surface area contributed by atoms with Crippen LogP contribution in [0.15, 0.2) is 95.3 Å². The molecule has 0 spiro atoms. The number of carbonyl (C=O) groups is 2. The van der Waals surface area contributed by atoms with E-state index in [2.05, 4.69) is 4.90 Å². The van der Waals surface area contributed by atoms with Gasteiger partial charge in [0.1, 0.15) is 19.0 Å². The van der Waals surface area contributed by atoms with E-state index in [0.29, 0.717) is 44.2 Å². The molecule has 3 aromatic carbocycles. The number of nitrogens with zero attached hydrogens (tertiary/aromatic N) is 1. The molecule has 0 fully saturated rings.